The van der Waals surface area contributed by atoms with Crippen molar-refractivity contribution in [2.24, 2.45) is 11.7 Å². The molecule has 0 aliphatic rings. The van der Waals surface area contributed by atoms with Crippen molar-refractivity contribution in [3.8, 4) is 5.75 Å². The summed E-state index contributed by atoms with van der Waals surface area (Å²) in [5.41, 5.74) is 5.58. The molecule has 0 bridgehead atoms. The fourth-order valence-electron chi connectivity index (χ4n) is 4.15. The van der Waals surface area contributed by atoms with Crippen molar-refractivity contribution in [1.82, 2.24) is 21.3 Å². The number of hydrogen-bond acceptors (Lipinski definition) is 11. The van der Waals surface area contributed by atoms with Crippen molar-refractivity contribution in [2.75, 3.05) is 24.2 Å². The largest absolute Gasteiger partial charge is 0.480 e. The second-order valence-electron chi connectivity index (χ2n) is 11.4. The Kier molecular flexibility index (Phi) is 17.3. The van der Waals surface area contributed by atoms with Gasteiger partial charge in [0, 0.05) is 19.0 Å². The summed E-state index contributed by atoms with van der Waals surface area (Å²) in [4.78, 5) is 73.9. The van der Waals surface area contributed by atoms with Gasteiger partial charge in [-0.25, -0.2) is 9.59 Å². The molecule has 0 aliphatic heterocycles. The molecule has 0 heterocycles. The van der Waals surface area contributed by atoms with Crippen molar-refractivity contribution in [1.29, 1.82) is 0 Å². The number of esters is 1. The van der Waals surface area contributed by atoms with Crippen LogP contribution in [0.5, 0.6) is 5.75 Å². The zero-order valence-corrected chi connectivity index (χ0v) is 28.3. The molecule has 1 aromatic carbocycles. The van der Waals surface area contributed by atoms with Crippen LogP contribution in [0.1, 0.15) is 59.4 Å². The number of carbonyl (C=O) groups is 6. The number of rotatable bonds is 21. The minimum atomic E-state index is -4.57. The van der Waals surface area contributed by atoms with E-state index in [1.165, 1.54) is 18.2 Å². The van der Waals surface area contributed by atoms with Crippen LogP contribution in [-0.2, 0) is 45.4 Å². The van der Waals surface area contributed by atoms with E-state index in [0.717, 1.165) is 0 Å². The number of aliphatic carboxylic acids is 1. The number of primary amides is 1. The SMILES string of the molecule is CCC(=O)OCc1ccc(NC(=O)[C@H](CCCNC(N)=O)NC(=O)[C@@H](NC(=O)[C@H](CS(=O)(=O)O)NC(C)C)C(C)C)c(OCC(=O)O)c1. The van der Waals surface area contributed by atoms with Crippen LogP contribution in [0.15, 0.2) is 18.2 Å². The zero-order valence-electron chi connectivity index (χ0n) is 27.5. The number of benzene rings is 1. The molecule has 48 heavy (non-hydrogen) atoms. The first-order valence-corrected chi connectivity index (χ1v) is 16.7. The van der Waals surface area contributed by atoms with Gasteiger partial charge in [0.05, 0.1) is 11.4 Å². The zero-order chi connectivity index (χ0) is 36.6. The molecule has 270 valence electrons. The van der Waals surface area contributed by atoms with Gasteiger partial charge in [0.25, 0.3) is 10.1 Å². The van der Waals surface area contributed by atoms with Crippen LogP contribution in [0.4, 0.5) is 10.5 Å². The van der Waals surface area contributed by atoms with Gasteiger partial charge >= 0.3 is 18.0 Å². The third-order valence-corrected chi connectivity index (χ3v) is 7.18. The predicted octanol–water partition coefficient (Wildman–Crippen LogP) is -0.130. The first-order chi connectivity index (χ1) is 22.3. The molecule has 0 fully saturated rings. The summed E-state index contributed by atoms with van der Waals surface area (Å²) in [6.07, 6.45) is 0.270. The summed E-state index contributed by atoms with van der Waals surface area (Å²) < 4.78 is 42.8. The molecule has 0 aromatic heterocycles. The second kappa shape index (κ2) is 20.0. The van der Waals surface area contributed by atoms with Gasteiger partial charge in [0.1, 0.15) is 30.5 Å². The van der Waals surface area contributed by atoms with E-state index in [1.54, 1.807) is 34.6 Å². The quantitative estimate of drug-likeness (QED) is 0.0471. The lowest BCUT2D eigenvalue weighted by molar-refractivity contribution is -0.144. The number of anilines is 1. The Hall–Kier alpha value is -4.49. The lowest BCUT2D eigenvalue weighted by atomic mass is 10.0. The fourth-order valence-corrected chi connectivity index (χ4v) is 4.82. The summed E-state index contributed by atoms with van der Waals surface area (Å²) in [6.45, 7) is 7.28. The molecule has 0 saturated heterocycles. The van der Waals surface area contributed by atoms with Crippen molar-refractivity contribution < 1.29 is 56.3 Å². The van der Waals surface area contributed by atoms with E-state index >= 15 is 0 Å². The van der Waals surface area contributed by atoms with Crippen LogP contribution < -0.4 is 37.1 Å². The number of carboxylic acids is 1. The lowest BCUT2D eigenvalue weighted by Crippen LogP contribution is -2.59. The molecule has 3 atom stereocenters. The Labute approximate surface area is 279 Å². The maximum absolute atomic E-state index is 13.5. The van der Waals surface area contributed by atoms with Crippen LogP contribution in [0.3, 0.4) is 0 Å². The normalized spacial score (nSPS) is 13.2. The molecule has 0 spiro atoms. The number of carbonyl (C=O) groups excluding carboxylic acids is 5. The summed E-state index contributed by atoms with van der Waals surface area (Å²) >= 11 is 0. The number of nitrogens with two attached hydrogens (primary N) is 1. The molecule has 18 nitrogen and oxygen atoms in total. The van der Waals surface area contributed by atoms with E-state index in [2.05, 4.69) is 26.6 Å². The molecule has 0 radical (unpaired) electrons. The van der Waals surface area contributed by atoms with Gasteiger partial charge in [-0.05, 0) is 36.5 Å². The highest BCUT2D eigenvalue weighted by molar-refractivity contribution is 7.85. The van der Waals surface area contributed by atoms with Gasteiger partial charge in [-0.15, -0.1) is 0 Å². The van der Waals surface area contributed by atoms with Gasteiger partial charge in [-0.2, -0.15) is 8.42 Å². The van der Waals surface area contributed by atoms with E-state index in [0.29, 0.717) is 5.56 Å². The topological polar surface area (TPSA) is 282 Å². The molecule has 0 unspecified atom stereocenters. The Bertz CT molecular complexity index is 1400. The van der Waals surface area contributed by atoms with Crippen LogP contribution in [-0.4, -0.2) is 96.8 Å². The van der Waals surface area contributed by atoms with Gasteiger partial charge in [-0.3, -0.25) is 23.7 Å². The fraction of sp³-hybridized carbons (Fsp3) is 0.586. The Balaban J connectivity index is 3.30. The van der Waals surface area contributed by atoms with Crippen molar-refractivity contribution in [3.63, 3.8) is 0 Å². The lowest BCUT2D eigenvalue weighted by Gasteiger charge is -2.28. The van der Waals surface area contributed by atoms with Crippen LogP contribution in [0, 0.1) is 5.92 Å². The van der Waals surface area contributed by atoms with Crippen molar-refractivity contribution in [2.45, 2.75) is 84.7 Å². The van der Waals surface area contributed by atoms with Gasteiger partial charge in [-0.1, -0.05) is 40.7 Å². The number of carboxylic acid groups (broad SMARTS) is 1. The summed E-state index contributed by atoms with van der Waals surface area (Å²) in [5.74, 6) is -5.78. The van der Waals surface area contributed by atoms with Gasteiger partial charge in [0.15, 0.2) is 6.61 Å². The molecule has 0 aliphatic carbocycles. The summed E-state index contributed by atoms with van der Waals surface area (Å²) in [7, 11) is -4.57. The molecule has 1 rings (SSSR count). The van der Waals surface area contributed by atoms with E-state index in [1.807, 2.05) is 0 Å². The van der Waals surface area contributed by atoms with Crippen LogP contribution >= 0.6 is 0 Å². The number of ether oxygens (including phenoxy) is 2. The van der Waals surface area contributed by atoms with E-state index in [9.17, 15) is 41.7 Å². The highest BCUT2D eigenvalue weighted by Crippen LogP contribution is 2.27. The average molecular weight is 703 g/mol. The Morgan fingerprint density at radius 2 is 1.62 bits per heavy atom. The molecule has 9 N–H and O–H groups in total. The predicted molar refractivity (Wildman–Crippen MR) is 172 cm³/mol. The summed E-state index contributed by atoms with van der Waals surface area (Å²) in [5, 5.41) is 21.9. The smallest absolute Gasteiger partial charge is 0.341 e. The molecule has 19 heteroatoms. The summed E-state index contributed by atoms with van der Waals surface area (Å²) in [6, 6.07) is -0.807. The van der Waals surface area contributed by atoms with Crippen molar-refractivity contribution >= 4 is 51.5 Å². The van der Waals surface area contributed by atoms with E-state index in [-0.39, 0.29) is 49.9 Å². The molecular weight excluding hydrogens is 656 g/mol. The van der Waals surface area contributed by atoms with Gasteiger partial charge < -0.3 is 46.9 Å². The number of amides is 5. The number of hydrogen-bond donors (Lipinski definition) is 8. The monoisotopic (exact) mass is 702 g/mol. The maximum Gasteiger partial charge on any atom is 0.341 e. The molecular formula is C29H46N6O12S. The first-order valence-electron chi connectivity index (χ1n) is 15.1. The van der Waals surface area contributed by atoms with Crippen LogP contribution in [0.2, 0.25) is 0 Å². The maximum atomic E-state index is 13.5. The number of nitrogens with one attached hydrogen (secondary N) is 5. The third-order valence-electron chi connectivity index (χ3n) is 6.42. The third kappa shape index (κ3) is 16.4. The van der Waals surface area contributed by atoms with Crippen molar-refractivity contribution in [3.05, 3.63) is 23.8 Å². The second-order valence-corrected chi connectivity index (χ2v) is 12.9. The highest BCUT2D eigenvalue weighted by atomic mass is 32.2. The molecule has 1 aromatic rings. The molecule has 0 saturated carbocycles. The standard InChI is InChI=1S/C29H46N6O12S/c1-6-24(38)47-13-18-9-10-19(22(12-18)46-14-23(36)37)33-26(39)20(8-7-11-31-29(30)42)34-28(41)25(16(2)3)35-27(40)21(32-17(4)5)15-48(43,44)45/h9-10,12,16-17,20-21,25,32H,6-8,11,13-15H2,1-5H3,(H,33,39)(H,34,41)(H,35,40)(H,36,37)(H3,30,31,42)(H,43,44,45)/t20-,21-,25-/m0/s1. The van der Waals surface area contributed by atoms with Crippen LogP contribution in [0.25, 0.3) is 0 Å². The molecule has 5 amide bonds. The highest BCUT2D eigenvalue weighted by Gasteiger charge is 2.32. The minimum absolute atomic E-state index is 0.0304. The van der Waals surface area contributed by atoms with E-state index in [4.69, 9.17) is 20.3 Å². The Morgan fingerprint density at radius 1 is 0.958 bits per heavy atom. The number of urea groups is 1. The van der Waals surface area contributed by atoms with Gasteiger partial charge in [0.2, 0.25) is 17.7 Å². The average Bonchev–Trinajstić information content (AvgIpc) is 2.97. The van der Waals surface area contributed by atoms with E-state index < -0.39 is 82.2 Å². The Morgan fingerprint density at radius 3 is 2.17 bits per heavy atom. The first kappa shape index (κ1) is 41.5. The minimum Gasteiger partial charge on any atom is -0.480 e.